The van der Waals surface area contributed by atoms with Gasteiger partial charge in [-0.25, -0.2) is 8.78 Å². The van der Waals surface area contributed by atoms with Crippen molar-refractivity contribution >= 4 is 12.1 Å². The van der Waals surface area contributed by atoms with Crippen molar-refractivity contribution in [3.05, 3.63) is 35.7 Å². The van der Waals surface area contributed by atoms with E-state index in [-0.39, 0.29) is 11.8 Å². The first-order chi connectivity index (χ1) is 6.69. The third-order valence-electron chi connectivity index (χ3n) is 1.66. The number of methoxy groups -OCH3 is 1. The number of aldehydes is 1. The minimum absolute atomic E-state index is 0.00963. The average molecular weight is 198 g/mol. The molecule has 0 spiro atoms. The maximum atomic E-state index is 13.0. The summed E-state index contributed by atoms with van der Waals surface area (Å²) in [6.45, 7) is 0. The Kier molecular flexibility index (Phi) is 3.34. The van der Waals surface area contributed by atoms with Gasteiger partial charge in [0.05, 0.1) is 7.11 Å². The van der Waals surface area contributed by atoms with Crippen molar-refractivity contribution in [3.63, 3.8) is 0 Å². The molecule has 0 saturated heterocycles. The van der Waals surface area contributed by atoms with Crippen LogP contribution in [-0.2, 0) is 4.79 Å². The molecule has 4 heteroatoms. The summed E-state index contributed by atoms with van der Waals surface area (Å²) in [5, 5.41) is 0. The lowest BCUT2D eigenvalue weighted by Gasteiger charge is -2.00. The van der Waals surface area contributed by atoms with E-state index in [2.05, 4.69) is 0 Å². The molecule has 1 aromatic rings. The Morgan fingerprint density at radius 3 is 2.29 bits per heavy atom. The van der Waals surface area contributed by atoms with Crippen LogP contribution < -0.4 is 4.74 Å². The molecule has 2 nitrogen and oxygen atoms in total. The van der Waals surface area contributed by atoms with Gasteiger partial charge in [-0.3, -0.25) is 4.79 Å². The Morgan fingerprint density at radius 1 is 1.29 bits per heavy atom. The van der Waals surface area contributed by atoms with E-state index >= 15 is 0 Å². The smallest absolute Gasteiger partial charge is 0.199 e. The first-order valence-electron chi connectivity index (χ1n) is 3.84. The second-order valence-corrected chi connectivity index (χ2v) is 2.51. The number of benzene rings is 1. The lowest BCUT2D eigenvalue weighted by Crippen LogP contribution is -1.86. The zero-order valence-corrected chi connectivity index (χ0v) is 7.46. The topological polar surface area (TPSA) is 26.3 Å². The summed E-state index contributed by atoms with van der Waals surface area (Å²) in [5.41, 5.74) is 0.00963. The third-order valence-corrected chi connectivity index (χ3v) is 1.66. The molecule has 0 amide bonds. The third kappa shape index (κ3) is 2.16. The largest absolute Gasteiger partial charge is 0.497 e. The number of hydrogen-bond acceptors (Lipinski definition) is 2. The van der Waals surface area contributed by atoms with Gasteiger partial charge < -0.3 is 4.74 Å². The molecule has 0 aliphatic rings. The molecule has 0 N–H and O–H groups in total. The molecule has 1 rings (SSSR count). The van der Waals surface area contributed by atoms with Crippen LogP contribution in [0, 0.1) is 0 Å². The van der Waals surface area contributed by atoms with Gasteiger partial charge in [0, 0.05) is 5.56 Å². The van der Waals surface area contributed by atoms with Crippen molar-refractivity contribution in [1.29, 1.82) is 0 Å². The van der Waals surface area contributed by atoms with Gasteiger partial charge >= 0.3 is 0 Å². The summed E-state index contributed by atoms with van der Waals surface area (Å²) < 4.78 is 30.3. The first kappa shape index (κ1) is 10.4. The molecule has 0 bridgehead atoms. The van der Waals surface area contributed by atoms with Crippen molar-refractivity contribution in [2.24, 2.45) is 0 Å². The van der Waals surface area contributed by atoms with Crippen LogP contribution in [0.15, 0.2) is 30.1 Å². The van der Waals surface area contributed by atoms with E-state index in [1.54, 1.807) is 0 Å². The van der Waals surface area contributed by atoms with Gasteiger partial charge in [0.15, 0.2) is 17.9 Å². The Morgan fingerprint density at radius 2 is 1.86 bits per heavy atom. The van der Waals surface area contributed by atoms with Crippen molar-refractivity contribution in [1.82, 2.24) is 0 Å². The van der Waals surface area contributed by atoms with E-state index in [9.17, 15) is 13.6 Å². The van der Waals surface area contributed by atoms with Crippen molar-refractivity contribution < 1.29 is 18.3 Å². The molecule has 0 heterocycles. The molecule has 0 aliphatic heterocycles. The highest BCUT2D eigenvalue weighted by Gasteiger charge is 2.07. The summed E-state index contributed by atoms with van der Waals surface area (Å²) in [5.74, 6) is -2.04. The van der Waals surface area contributed by atoms with Crippen molar-refractivity contribution in [3.8, 4) is 5.75 Å². The molecular weight excluding hydrogens is 190 g/mol. The van der Waals surface area contributed by atoms with E-state index in [0.717, 1.165) is 0 Å². The Hall–Kier alpha value is -1.71. The highest BCUT2D eigenvalue weighted by molar-refractivity contribution is 5.82. The molecule has 14 heavy (non-hydrogen) atoms. The molecule has 0 aliphatic carbocycles. The Bertz CT molecular complexity index is 355. The predicted octanol–water partition coefficient (Wildman–Crippen LogP) is 2.50. The van der Waals surface area contributed by atoms with Crippen LogP contribution in [0.5, 0.6) is 5.75 Å². The van der Waals surface area contributed by atoms with Crippen LogP contribution in [0.3, 0.4) is 0 Å². The molecule has 1 aromatic carbocycles. The van der Waals surface area contributed by atoms with E-state index in [1.165, 1.54) is 31.4 Å². The second kappa shape index (κ2) is 4.50. The van der Waals surface area contributed by atoms with E-state index < -0.39 is 11.7 Å². The predicted molar refractivity (Wildman–Crippen MR) is 48.2 cm³/mol. The molecule has 0 aromatic heterocycles. The van der Waals surface area contributed by atoms with Crippen molar-refractivity contribution in [2.45, 2.75) is 0 Å². The SMILES string of the molecule is COc1ccc(/C(F)=C(\F)C=O)cc1. The van der Waals surface area contributed by atoms with Crippen molar-refractivity contribution in [2.75, 3.05) is 7.11 Å². The molecule has 0 saturated carbocycles. The van der Waals surface area contributed by atoms with Gasteiger partial charge in [0.25, 0.3) is 0 Å². The van der Waals surface area contributed by atoms with E-state index in [4.69, 9.17) is 4.74 Å². The minimum Gasteiger partial charge on any atom is -0.497 e. The number of hydrogen-bond donors (Lipinski definition) is 0. The van der Waals surface area contributed by atoms with Gasteiger partial charge in [-0.2, -0.15) is 0 Å². The summed E-state index contributed by atoms with van der Waals surface area (Å²) in [4.78, 5) is 9.95. The molecule has 74 valence electrons. The van der Waals surface area contributed by atoms with E-state index in [0.29, 0.717) is 5.75 Å². The summed E-state index contributed by atoms with van der Waals surface area (Å²) in [6.07, 6.45) is -0.167. The molecular formula is C10H8F2O2. The van der Waals surface area contributed by atoms with Gasteiger partial charge in [-0.1, -0.05) is 0 Å². The highest BCUT2D eigenvalue weighted by Crippen LogP contribution is 2.22. The van der Waals surface area contributed by atoms with Crippen LogP contribution in [0.1, 0.15) is 5.56 Å². The van der Waals surface area contributed by atoms with Crippen LogP contribution in [0.4, 0.5) is 8.78 Å². The van der Waals surface area contributed by atoms with Crippen LogP contribution in [0.25, 0.3) is 5.83 Å². The molecule has 0 unspecified atom stereocenters. The van der Waals surface area contributed by atoms with Gasteiger partial charge in [0.2, 0.25) is 0 Å². The zero-order chi connectivity index (χ0) is 10.6. The minimum atomic E-state index is -1.41. The fraction of sp³-hybridized carbons (Fsp3) is 0.100. The Labute approximate surface area is 79.8 Å². The number of carbonyl (C=O) groups is 1. The highest BCUT2D eigenvalue weighted by atomic mass is 19.2. The van der Waals surface area contributed by atoms with Crippen LogP contribution >= 0.6 is 0 Å². The lowest BCUT2D eigenvalue weighted by atomic mass is 10.2. The maximum Gasteiger partial charge on any atom is 0.199 e. The maximum absolute atomic E-state index is 13.0. The number of rotatable bonds is 3. The second-order valence-electron chi connectivity index (χ2n) is 2.51. The average Bonchev–Trinajstić information content (AvgIpc) is 2.27. The normalized spacial score (nSPS) is 11.9. The first-order valence-corrected chi connectivity index (χ1v) is 3.84. The van der Waals surface area contributed by atoms with Gasteiger partial charge in [0.1, 0.15) is 5.75 Å². The van der Waals surface area contributed by atoms with E-state index in [1.807, 2.05) is 0 Å². The fourth-order valence-electron chi connectivity index (χ4n) is 0.927. The number of allylic oxidation sites excluding steroid dienone is 1. The molecule has 0 atom stereocenters. The zero-order valence-electron chi connectivity index (χ0n) is 7.46. The lowest BCUT2D eigenvalue weighted by molar-refractivity contribution is -0.106. The quantitative estimate of drug-likeness (QED) is 0.551. The van der Waals surface area contributed by atoms with Crippen LogP contribution in [0.2, 0.25) is 0 Å². The number of ether oxygens (including phenoxy) is 1. The number of carbonyl (C=O) groups excluding carboxylic acids is 1. The van der Waals surface area contributed by atoms with Gasteiger partial charge in [-0.05, 0) is 24.3 Å². The Balaban J connectivity index is 3.03. The summed E-state index contributed by atoms with van der Waals surface area (Å²) >= 11 is 0. The fourth-order valence-corrected chi connectivity index (χ4v) is 0.927. The molecule has 0 radical (unpaired) electrons. The van der Waals surface area contributed by atoms with Crippen LogP contribution in [-0.4, -0.2) is 13.4 Å². The monoisotopic (exact) mass is 198 g/mol. The number of halogens is 2. The van der Waals surface area contributed by atoms with Gasteiger partial charge in [-0.15, -0.1) is 0 Å². The standard InChI is InChI=1S/C10H8F2O2/c1-14-8-4-2-7(3-5-8)10(12)9(11)6-13/h2-6H,1H3/b10-9+. The summed E-state index contributed by atoms with van der Waals surface area (Å²) in [7, 11) is 1.47. The summed E-state index contributed by atoms with van der Waals surface area (Å²) in [6, 6.07) is 5.62. The molecule has 0 fully saturated rings.